The molecule has 0 spiro atoms. The molecule has 0 aromatic heterocycles. The smallest absolute Gasteiger partial charge is 0.462 e. The second-order valence-corrected chi connectivity index (χ2v) is 27.4. The lowest BCUT2D eigenvalue weighted by Gasteiger charge is -2.21. The van der Waals surface area contributed by atoms with Gasteiger partial charge in [-0.3, -0.25) is 37.3 Å². The Kier molecular flexibility index (Phi) is 65.1. The maximum absolute atomic E-state index is 13.1. The van der Waals surface area contributed by atoms with Crippen molar-refractivity contribution >= 4 is 39.5 Å². The highest BCUT2D eigenvalue weighted by Gasteiger charge is 2.30. The van der Waals surface area contributed by atoms with E-state index in [1.807, 2.05) is 0 Å². The van der Waals surface area contributed by atoms with Crippen LogP contribution in [0.3, 0.4) is 0 Å². The van der Waals surface area contributed by atoms with Crippen LogP contribution in [0.5, 0.6) is 0 Å². The Hall–Kier alpha value is -3.76. The number of carbonyl (C=O) groups is 4. The number of allylic oxidation sites excluding steroid dienone is 14. The number of phosphoric acid groups is 2. The highest BCUT2D eigenvalue weighted by Crippen LogP contribution is 2.45. The van der Waals surface area contributed by atoms with Crippen LogP contribution in [0, 0.1) is 0 Å². The molecule has 0 aliphatic heterocycles. The molecule has 544 valence electrons. The first kappa shape index (κ1) is 90.2. The molecule has 0 radical (unpaired) electrons. The van der Waals surface area contributed by atoms with Gasteiger partial charge in [0.15, 0.2) is 12.2 Å². The van der Waals surface area contributed by atoms with Crippen molar-refractivity contribution in [3.8, 4) is 0 Å². The number of esters is 4. The van der Waals surface area contributed by atoms with Gasteiger partial charge in [-0.25, -0.2) is 9.13 Å². The molecule has 17 nitrogen and oxygen atoms in total. The average Bonchev–Trinajstić information content (AvgIpc) is 1.29. The number of unbranched alkanes of at least 4 members (excludes halogenated alkanes) is 29. The van der Waals surface area contributed by atoms with Crippen LogP contribution in [0.4, 0.5) is 0 Å². The summed E-state index contributed by atoms with van der Waals surface area (Å²) in [5, 5.41) is 10.6. The molecule has 0 bridgehead atoms. The van der Waals surface area contributed by atoms with E-state index >= 15 is 0 Å². The summed E-state index contributed by atoms with van der Waals surface area (Å²) < 4.78 is 68.3. The van der Waals surface area contributed by atoms with Gasteiger partial charge in [-0.05, 0) is 128 Å². The quantitative estimate of drug-likeness (QED) is 0.0169. The van der Waals surface area contributed by atoms with Gasteiger partial charge < -0.3 is 33.8 Å². The highest BCUT2D eigenvalue weighted by atomic mass is 31.2. The summed E-state index contributed by atoms with van der Waals surface area (Å²) in [7, 11) is -9.94. The first-order valence-corrected chi connectivity index (χ1v) is 39.8. The van der Waals surface area contributed by atoms with Crippen molar-refractivity contribution in [1.29, 1.82) is 0 Å². The van der Waals surface area contributed by atoms with Crippen LogP contribution < -0.4 is 0 Å². The number of hydrogen-bond donors (Lipinski definition) is 3. The van der Waals surface area contributed by atoms with Crippen LogP contribution in [0.2, 0.25) is 0 Å². The van der Waals surface area contributed by atoms with Crippen molar-refractivity contribution in [1.82, 2.24) is 0 Å². The van der Waals surface area contributed by atoms with Crippen LogP contribution >= 0.6 is 15.6 Å². The standard InChI is InChI=1S/C75H132O17P2/c1-5-9-13-17-21-25-29-31-33-34-36-37-41-44-48-52-56-60-73(78)86-66-71(92-75(80)62-58-54-50-46-42-38-35-32-30-26-22-18-14-10-6-2)68-90-94(83,84)88-64-69(76)63-87-93(81,82)89-67-70(91-74(79)61-57-53-49-45-40-28-24-20-16-12-8-4)65-85-72(77)59-55-51-47-43-39-27-23-19-15-11-7-3/h9,13,19-21,23-25,31-33,35-37,69-71,76H,5-8,10-12,14-18,22,26-30,34,38-68H2,1-4H3,(H,81,82)(H,83,84)/b13-9-,23-19-,24-20-,25-21-,33-31-,35-32-,37-36-. The van der Waals surface area contributed by atoms with Crippen molar-refractivity contribution in [2.24, 2.45) is 0 Å². The molecule has 0 saturated heterocycles. The summed E-state index contributed by atoms with van der Waals surface area (Å²) in [6.45, 7) is 4.63. The van der Waals surface area contributed by atoms with E-state index in [-0.39, 0.29) is 25.7 Å². The van der Waals surface area contributed by atoms with Gasteiger partial charge in [0, 0.05) is 25.7 Å². The molecule has 0 fully saturated rings. The zero-order valence-electron chi connectivity index (χ0n) is 59.1. The van der Waals surface area contributed by atoms with E-state index in [9.17, 15) is 43.2 Å². The minimum Gasteiger partial charge on any atom is -0.462 e. The van der Waals surface area contributed by atoms with Crippen molar-refractivity contribution in [2.75, 3.05) is 39.6 Å². The number of carbonyl (C=O) groups excluding carboxylic acids is 4. The molecule has 3 N–H and O–H groups in total. The fraction of sp³-hybridized carbons (Fsp3) is 0.760. The van der Waals surface area contributed by atoms with E-state index in [1.165, 1.54) is 64.2 Å². The number of ether oxygens (including phenoxy) is 4. The first-order valence-electron chi connectivity index (χ1n) is 36.8. The number of aliphatic hydroxyl groups is 1. The molecule has 0 aromatic rings. The lowest BCUT2D eigenvalue weighted by atomic mass is 10.1. The molecule has 0 rings (SSSR count). The molecule has 19 heteroatoms. The summed E-state index contributed by atoms with van der Waals surface area (Å²) >= 11 is 0. The molecule has 0 aromatic carbocycles. The second-order valence-electron chi connectivity index (χ2n) is 24.5. The van der Waals surface area contributed by atoms with Crippen molar-refractivity contribution in [3.63, 3.8) is 0 Å². The summed E-state index contributed by atoms with van der Waals surface area (Å²) in [6.07, 6.45) is 67.3. The van der Waals surface area contributed by atoms with E-state index in [1.54, 1.807) is 0 Å². The van der Waals surface area contributed by atoms with Crippen molar-refractivity contribution in [2.45, 2.75) is 329 Å². The number of phosphoric ester groups is 2. The molecule has 94 heavy (non-hydrogen) atoms. The predicted octanol–water partition coefficient (Wildman–Crippen LogP) is 20.7. The summed E-state index contributed by atoms with van der Waals surface area (Å²) in [4.78, 5) is 72.6. The zero-order chi connectivity index (χ0) is 69.0. The number of aliphatic hydroxyl groups excluding tert-OH is 1. The normalized spacial score (nSPS) is 14.5. The van der Waals surface area contributed by atoms with E-state index in [0.717, 1.165) is 167 Å². The van der Waals surface area contributed by atoms with Gasteiger partial charge in [-0.1, -0.05) is 241 Å². The Morgan fingerprint density at radius 1 is 0.309 bits per heavy atom. The maximum Gasteiger partial charge on any atom is 0.472 e. The fourth-order valence-corrected chi connectivity index (χ4v) is 11.2. The van der Waals surface area contributed by atoms with Crippen molar-refractivity contribution in [3.05, 3.63) is 85.1 Å². The minimum atomic E-state index is -4.98. The van der Waals surface area contributed by atoms with Crippen LogP contribution in [0.25, 0.3) is 0 Å². The lowest BCUT2D eigenvalue weighted by molar-refractivity contribution is -0.161. The van der Waals surface area contributed by atoms with E-state index < -0.39 is 97.5 Å². The number of hydrogen-bond acceptors (Lipinski definition) is 15. The van der Waals surface area contributed by atoms with Gasteiger partial charge in [0.2, 0.25) is 0 Å². The molecule has 5 unspecified atom stereocenters. The fourth-order valence-electron chi connectivity index (χ4n) is 9.64. The molecule has 5 atom stereocenters. The summed E-state index contributed by atoms with van der Waals surface area (Å²) in [5.41, 5.74) is 0. The molecule has 0 aliphatic rings. The monoisotopic (exact) mass is 1370 g/mol. The van der Waals surface area contributed by atoms with Crippen LogP contribution in [0.1, 0.15) is 310 Å². The van der Waals surface area contributed by atoms with E-state index in [2.05, 4.69) is 113 Å². The molecule has 0 heterocycles. The van der Waals surface area contributed by atoms with E-state index in [0.29, 0.717) is 25.7 Å². The van der Waals surface area contributed by atoms with Gasteiger partial charge in [-0.15, -0.1) is 0 Å². The third-order valence-electron chi connectivity index (χ3n) is 15.3. The van der Waals surface area contributed by atoms with E-state index in [4.69, 9.17) is 37.0 Å². The zero-order valence-corrected chi connectivity index (χ0v) is 60.9. The predicted molar refractivity (Wildman–Crippen MR) is 381 cm³/mol. The van der Waals surface area contributed by atoms with Gasteiger partial charge in [0.1, 0.15) is 19.3 Å². The van der Waals surface area contributed by atoms with Crippen LogP contribution in [-0.2, 0) is 65.4 Å². The summed E-state index contributed by atoms with van der Waals surface area (Å²) in [6, 6.07) is 0. The van der Waals surface area contributed by atoms with Gasteiger partial charge in [0.05, 0.1) is 26.4 Å². The third kappa shape index (κ3) is 66.8. The molecular weight excluding hydrogens is 1230 g/mol. The Morgan fingerprint density at radius 2 is 0.564 bits per heavy atom. The Morgan fingerprint density at radius 3 is 0.894 bits per heavy atom. The van der Waals surface area contributed by atoms with Crippen LogP contribution in [-0.4, -0.2) is 96.7 Å². The van der Waals surface area contributed by atoms with Gasteiger partial charge in [-0.2, -0.15) is 0 Å². The lowest BCUT2D eigenvalue weighted by Crippen LogP contribution is -2.30. The van der Waals surface area contributed by atoms with Crippen LogP contribution in [0.15, 0.2) is 85.1 Å². The summed E-state index contributed by atoms with van der Waals surface area (Å²) in [5.74, 6) is -2.22. The molecule has 0 saturated carbocycles. The number of rotatable bonds is 69. The largest absolute Gasteiger partial charge is 0.472 e. The Bertz CT molecular complexity index is 2120. The maximum atomic E-state index is 13.1. The Labute approximate surface area is 570 Å². The van der Waals surface area contributed by atoms with Gasteiger partial charge >= 0.3 is 39.5 Å². The Balaban J connectivity index is 5.34. The highest BCUT2D eigenvalue weighted by molar-refractivity contribution is 7.47. The molecule has 0 amide bonds. The third-order valence-corrected chi connectivity index (χ3v) is 17.2. The molecular formula is C75H132O17P2. The average molecular weight is 1370 g/mol. The van der Waals surface area contributed by atoms with Gasteiger partial charge in [0.25, 0.3) is 0 Å². The SMILES string of the molecule is CC/C=C\C/C=C\C/C=C\C/C=C\CCCCCCC(=O)OCC(COP(=O)(O)OCC(O)COP(=O)(O)OCC(COC(=O)CCCCCCC/C=C\CCCC)OC(=O)CCCCCCC/C=C\CCCC)OC(=O)CCCCCCC/C=C\CCCCCCCC. The second kappa shape index (κ2) is 67.8. The molecule has 0 aliphatic carbocycles. The van der Waals surface area contributed by atoms with Crippen molar-refractivity contribution < 1.29 is 80.2 Å². The minimum absolute atomic E-state index is 0.0803. The first-order chi connectivity index (χ1) is 45.7. The topological polar surface area (TPSA) is 237 Å².